The molecule has 2 N–H and O–H groups in total. The molecule has 3 atom stereocenters. The predicted molar refractivity (Wildman–Crippen MR) is 392 cm³/mol. The van der Waals surface area contributed by atoms with Gasteiger partial charge < -0.3 is 19.4 Å². The second-order valence-corrected chi connectivity index (χ2v) is 29.0. The average Bonchev–Trinajstić information content (AvgIpc) is 3.04. The molecule has 0 aliphatic heterocycles. The summed E-state index contributed by atoms with van der Waals surface area (Å²) in [6.07, 6.45) is 92.2. The number of nitrogens with one attached hydrogen (secondary N) is 1. The molecule has 0 aliphatic rings. The molecule has 0 fully saturated rings. The number of quaternary nitrogens is 1. The number of nitrogens with zero attached hydrogens (tertiary/aromatic N) is 1. The highest BCUT2D eigenvalue weighted by Crippen LogP contribution is 2.43. The summed E-state index contributed by atoms with van der Waals surface area (Å²) < 4.78 is 30.9. The van der Waals surface area contributed by atoms with Crippen molar-refractivity contribution in [3.63, 3.8) is 0 Å². The summed E-state index contributed by atoms with van der Waals surface area (Å²) in [5.74, 6) is -0.492. The van der Waals surface area contributed by atoms with Crippen LogP contribution < -0.4 is 5.32 Å². The van der Waals surface area contributed by atoms with Gasteiger partial charge in [0.15, 0.2) is 0 Å². The first-order valence-electron chi connectivity index (χ1n) is 38.8. The van der Waals surface area contributed by atoms with Gasteiger partial charge in [-0.1, -0.05) is 357 Å². The zero-order valence-electron chi connectivity index (χ0n) is 60.4. The number of phosphoric acid groups is 1. The lowest BCUT2D eigenvalue weighted by Crippen LogP contribution is -2.47. The van der Waals surface area contributed by atoms with E-state index in [2.05, 4.69) is 86.8 Å². The van der Waals surface area contributed by atoms with Gasteiger partial charge in [-0.15, -0.1) is 0 Å². The van der Waals surface area contributed by atoms with E-state index in [-0.39, 0.29) is 25.1 Å². The van der Waals surface area contributed by atoms with Crippen LogP contribution in [0.5, 0.6) is 0 Å². The Labute approximate surface area is 559 Å². The molecular formula is C80H150N2O7P+. The second-order valence-electron chi connectivity index (χ2n) is 27.5. The van der Waals surface area contributed by atoms with Gasteiger partial charge in [-0.25, -0.2) is 4.57 Å². The number of hydrogen-bond donors (Lipinski definition) is 2. The van der Waals surface area contributed by atoms with Crippen molar-refractivity contribution in [2.75, 3.05) is 40.9 Å². The van der Waals surface area contributed by atoms with Gasteiger partial charge in [-0.2, -0.15) is 0 Å². The molecule has 526 valence electrons. The van der Waals surface area contributed by atoms with Gasteiger partial charge >= 0.3 is 13.8 Å². The Hall–Kier alpha value is -2.55. The number of esters is 1. The zero-order valence-corrected chi connectivity index (χ0v) is 61.3. The number of phosphoric ester groups is 1. The minimum Gasteiger partial charge on any atom is -0.456 e. The Morgan fingerprint density at radius 3 is 1.07 bits per heavy atom. The van der Waals surface area contributed by atoms with Gasteiger partial charge in [0.1, 0.15) is 19.3 Å². The molecule has 0 saturated heterocycles. The molecule has 0 rings (SSSR count). The Bertz CT molecular complexity index is 1770. The van der Waals surface area contributed by atoms with Crippen LogP contribution in [0.3, 0.4) is 0 Å². The molecule has 0 aromatic carbocycles. The lowest BCUT2D eigenvalue weighted by molar-refractivity contribution is -0.870. The fourth-order valence-corrected chi connectivity index (χ4v) is 12.2. The van der Waals surface area contributed by atoms with Gasteiger partial charge in [-0.3, -0.25) is 18.6 Å². The topological polar surface area (TPSA) is 111 Å². The first-order valence-corrected chi connectivity index (χ1v) is 40.3. The number of likely N-dealkylation sites (N-methyl/N-ethyl adjacent to an activating group) is 1. The minimum absolute atomic E-state index is 0.0398. The van der Waals surface area contributed by atoms with Gasteiger partial charge in [0, 0.05) is 12.8 Å². The molecule has 0 aromatic rings. The summed E-state index contributed by atoms with van der Waals surface area (Å²) in [6, 6.07) is -0.852. The molecule has 1 amide bonds. The number of amides is 1. The number of carbonyl (C=O) groups excluding carboxylic acids is 2. The molecule has 0 heterocycles. The molecule has 0 bridgehead atoms. The van der Waals surface area contributed by atoms with Crippen molar-refractivity contribution >= 4 is 19.7 Å². The summed E-state index contributed by atoms with van der Waals surface area (Å²) in [4.78, 5) is 38.0. The highest BCUT2D eigenvalue weighted by molar-refractivity contribution is 7.47. The Balaban J connectivity index is 4.95. The van der Waals surface area contributed by atoms with E-state index >= 15 is 0 Å². The summed E-state index contributed by atoms with van der Waals surface area (Å²) in [5, 5.41) is 3.08. The maximum atomic E-state index is 13.7. The molecule has 9 nitrogen and oxygen atoms in total. The largest absolute Gasteiger partial charge is 0.472 e. The SMILES string of the molecule is CC/C=C\C/C=C\C/C=C\C/C=C\C/C=C\CCCCCCCCCCCCCC(=O)NC(COP(=O)(O)OCC[N+](C)(C)C)C(/C=C/CCCCCCCCCCCC)OC(=O)CCCCCCCCCCCCCCCCCCCCCCCCCCC. The van der Waals surface area contributed by atoms with Crippen LogP contribution in [0.2, 0.25) is 0 Å². The van der Waals surface area contributed by atoms with Crippen molar-refractivity contribution in [2.24, 2.45) is 0 Å². The first kappa shape index (κ1) is 87.5. The van der Waals surface area contributed by atoms with E-state index in [9.17, 15) is 19.0 Å². The van der Waals surface area contributed by atoms with Gasteiger partial charge in [0.25, 0.3) is 0 Å². The normalized spacial score (nSPS) is 13.8. The fourth-order valence-electron chi connectivity index (χ4n) is 11.5. The van der Waals surface area contributed by atoms with Crippen LogP contribution in [0.4, 0.5) is 0 Å². The average molecular weight is 1280 g/mol. The van der Waals surface area contributed by atoms with Gasteiger partial charge in [0.05, 0.1) is 33.8 Å². The van der Waals surface area contributed by atoms with Crippen LogP contribution >= 0.6 is 7.82 Å². The van der Waals surface area contributed by atoms with Crippen molar-refractivity contribution < 1.29 is 37.3 Å². The van der Waals surface area contributed by atoms with Gasteiger partial charge in [-0.05, 0) is 76.7 Å². The van der Waals surface area contributed by atoms with Crippen LogP contribution in [0.15, 0.2) is 72.9 Å². The highest BCUT2D eigenvalue weighted by atomic mass is 31.2. The molecule has 0 aromatic heterocycles. The fraction of sp³-hybridized carbons (Fsp3) is 0.825. The molecular weight excluding hydrogens is 1130 g/mol. The third kappa shape index (κ3) is 69.8. The second kappa shape index (κ2) is 69.3. The highest BCUT2D eigenvalue weighted by Gasteiger charge is 2.30. The Kier molecular flexibility index (Phi) is 67.3. The van der Waals surface area contributed by atoms with Crippen LogP contribution in [-0.2, 0) is 27.9 Å². The molecule has 0 spiro atoms. The number of hydrogen-bond acceptors (Lipinski definition) is 6. The van der Waals surface area contributed by atoms with Crippen molar-refractivity contribution in [1.29, 1.82) is 0 Å². The Morgan fingerprint density at radius 2 is 0.711 bits per heavy atom. The number of ether oxygens (including phenoxy) is 1. The van der Waals surface area contributed by atoms with Crippen LogP contribution in [0.25, 0.3) is 0 Å². The monoisotopic (exact) mass is 1280 g/mol. The zero-order chi connectivity index (χ0) is 65.6. The van der Waals surface area contributed by atoms with Crippen molar-refractivity contribution in [2.45, 2.75) is 386 Å². The first-order chi connectivity index (χ1) is 43.9. The summed E-state index contributed by atoms with van der Waals surface area (Å²) >= 11 is 0. The maximum absolute atomic E-state index is 13.7. The molecule has 90 heavy (non-hydrogen) atoms. The van der Waals surface area contributed by atoms with E-state index in [1.807, 2.05) is 33.3 Å². The number of carbonyl (C=O) groups is 2. The standard InChI is InChI=1S/C80H149N2O7P/c1-7-10-13-16-19-22-25-28-30-32-34-36-38-40-41-43-44-46-48-50-52-54-57-60-63-66-69-72-79(83)81-77(76-88-90(85,86)87-75-74-82(4,5)6)78(71-68-65-62-59-56-27-24-21-18-15-12-9-3)89-80(84)73-70-67-64-61-58-55-53-51-49-47-45-42-39-37-35-33-31-29-26-23-20-17-14-11-8-2/h10,13,19,22,28,30,34,36,40-41,68,71,77-78H,7-9,11-12,14-18,20-21,23-27,29,31-33,35,37-39,42-67,69-70,72-76H2,1-6H3,(H-,81,83,85,86)/p+1/b13-10-,22-19-,30-28-,36-34-,41-40-,71-68+. The van der Waals surface area contributed by atoms with Crippen molar-refractivity contribution in [3.8, 4) is 0 Å². The Morgan fingerprint density at radius 1 is 0.400 bits per heavy atom. The quantitative estimate of drug-likeness (QED) is 0.0205. The minimum atomic E-state index is -4.46. The lowest BCUT2D eigenvalue weighted by Gasteiger charge is -2.27. The molecule has 3 unspecified atom stereocenters. The van der Waals surface area contributed by atoms with E-state index in [0.717, 1.165) is 89.9 Å². The van der Waals surface area contributed by atoms with E-state index in [0.29, 0.717) is 23.9 Å². The molecule has 0 aliphatic carbocycles. The smallest absolute Gasteiger partial charge is 0.456 e. The van der Waals surface area contributed by atoms with E-state index in [1.54, 1.807) is 0 Å². The lowest BCUT2D eigenvalue weighted by atomic mass is 10.0. The van der Waals surface area contributed by atoms with Crippen molar-refractivity contribution in [1.82, 2.24) is 5.32 Å². The van der Waals surface area contributed by atoms with Crippen LogP contribution in [0, 0.1) is 0 Å². The predicted octanol–water partition coefficient (Wildman–Crippen LogP) is 25.1. The van der Waals surface area contributed by atoms with Gasteiger partial charge in [0.2, 0.25) is 5.91 Å². The molecule has 10 heteroatoms. The summed E-state index contributed by atoms with van der Waals surface area (Å²) in [7, 11) is 1.50. The van der Waals surface area contributed by atoms with Crippen LogP contribution in [0.1, 0.15) is 374 Å². The number of allylic oxidation sites excluding steroid dienone is 11. The van der Waals surface area contributed by atoms with E-state index in [4.69, 9.17) is 13.8 Å². The number of unbranched alkanes of at least 4 members (excludes halogenated alkanes) is 45. The van der Waals surface area contributed by atoms with Crippen LogP contribution in [-0.4, -0.2) is 74.3 Å². The molecule has 0 radical (unpaired) electrons. The third-order valence-corrected chi connectivity index (χ3v) is 18.4. The van der Waals surface area contributed by atoms with Crippen molar-refractivity contribution in [3.05, 3.63) is 72.9 Å². The van der Waals surface area contributed by atoms with E-state index in [1.165, 1.54) is 250 Å². The van der Waals surface area contributed by atoms with E-state index < -0.39 is 20.0 Å². The summed E-state index contributed by atoms with van der Waals surface area (Å²) in [5.41, 5.74) is 0. The molecule has 0 saturated carbocycles. The summed E-state index contributed by atoms with van der Waals surface area (Å²) in [6.45, 7) is 6.95. The number of rotatable bonds is 71. The maximum Gasteiger partial charge on any atom is 0.472 e. The third-order valence-electron chi connectivity index (χ3n) is 17.4.